The van der Waals surface area contributed by atoms with Gasteiger partial charge in [0.25, 0.3) is 5.91 Å². The van der Waals surface area contributed by atoms with Crippen LogP contribution in [0.15, 0.2) is 51.6 Å². The number of carbonyl (C=O) groups excluding carboxylic acids is 1. The number of nitrogens with one attached hydrogen (secondary N) is 1. The number of amides is 1. The first-order valence-electron chi connectivity index (χ1n) is 5.46. The Balaban J connectivity index is 1.74. The van der Waals surface area contributed by atoms with E-state index in [1.165, 1.54) is 6.26 Å². The Morgan fingerprint density at radius 3 is 2.83 bits per heavy atom. The fourth-order valence-electron chi connectivity index (χ4n) is 1.38. The highest BCUT2D eigenvalue weighted by molar-refractivity contribution is 9.10. The van der Waals surface area contributed by atoms with Crippen LogP contribution in [0.5, 0.6) is 5.75 Å². The lowest BCUT2D eigenvalue weighted by Crippen LogP contribution is -2.27. The van der Waals surface area contributed by atoms with E-state index in [4.69, 9.17) is 9.15 Å². The molecule has 1 aromatic heterocycles. The van der Waals surface area contributed by atoms with Gasteiger partial charge in [-0.1, -0.05) is 12.1 Å². The van der Waals surface area contributed by atoms with Crippen LogP contribution >= 0.6 is 15.9 Å². The molecule has 4 nitrogen and oxygen atoms in total. The zero-order valence-corrected chi connectivity index (χ0v) is 11.1. The lowest BCUT2D eigenvalue weighted by molar-refractivity contribution is 0.0919. The number of para-hydroxylation sites is 1. The molecule has 1 aromatic carbocycles. The van der Waals surface area contributed by atoms with Crippen molar-refractivity contribution in [1.82, 2.24) is 5.32 Å². The molecule has 2 rings (SSSR count). The summed E-state index contributed by atoms with van der Waals surface area (Å²) in [5, 5.41) is 2.70. The topological polar surface area (TPSA) is 51.5 Å². The molecule has 5 heteroatoms. The lowest BCUT2D eigenvalue weighted by Gasteiger charge is -2.08. The molecule has 18 heavy (non-hydrogen) atoms. The molecule has 0 saturated heterocycles. The molecule has 0 bridgehead atoms. The first-order valence-corrected chi connectivity index (χ1v) is 6.25. The average molecular weight is 310 g/mol. The summed E-state index contributed by atoms with van der Waals surface area (Å²) < 4.78 is 11.4. The van der Waals surface area contributed by atoms with Crippen molar-refractivity contribution < 1.29 is 13.9 Å². The molecule has 0 unspecified atom stereocenters. The molecule has 0 aliphatic rings. The van der Waals surface area contributed by atoms with Crippen LogP contribution in [-0.4, -0.2) is 19.1 Å². The maximum Gasteiger partial charge on any atom is 0.287 e. The number of hydrogen-bond acceptors (Lipinski definition) is 3. The van der Waals surface area contributed by atoms with Crippen molar-refractivity contribution in [3.05, 3.63) is 52.9 Å². The van der Waals surface area contributed by atoms with Crippen molar-refractivity contribution in [1.29, 1.82) is 0 Å². The Bertz CT molecular complexity index is 511. The summed E-state index contributed by atoms with van der Waals surface area (Å²) in [5.74, 6) is 0.816. The number of halogens is 1. The largest absolute Gasteiger partial charge is 0.491 e. The van der Waals surface area contributed by atoms with Crippen LogP contribution in [0.1, 0.15) is 10.6 Å². The predicted molar refractivity (Wildman–Crippen MR) is 70.7 cm³/mol. The van der Waals surface area contributed by atoms with Crippen LogP contribution in [0.25, 0.3) is 0 Å². The van der Waals surface area contributed by atoms with E-state index in [0.717, 1.165) is 10.2 Å². The second-order valence-corrected chi connectivity index (χ2v) is 4.37. The van der Waals surface area contributed by atoms with Crippen LogP contribution in [0.2, 0.25) is 0 Å². The quantitative estimate of drug-likeness (QED) is 0.864. The highest BCUT2D eigenvalue weighted by Crippen LogP contribution is 2.23. The van der Waals surface area contributed by atoms with Gasteiger partial charge in [-0.3, -0.25) is 4.79 Å². The number of carbonyl (C=O) groups is 1. The maximum atomic E-state index is 11.5. The standard InChI is InChI=1S/C13H12BrNO3/c14-10-4-1-2-5-11(10)18-9-7-15-13(16)12-6-3-8-17-12/h1-6,8H,7,9H2,(H,15,16). The summed E-state index contributed by atoms with van der Waals surface area (Å²) in [7, 11) is 0. The van der Waals surface area contributed by atoms with Crippen molar-refractivity contribution in [3.63, 3.8) is 0 Å². The SMILES string of the molecule is O=C(NCCOc1ccccc1Br)c1ccco1. The summed E-state index contributed by atoms with van der Waals surface area (Å²) in [6, 6.07) is 10.9. The van der Waals surface area contributed by atoms with Gasteiger partial charge in [0.1, 0.15) is 12.4 Å². The van der Waals surface area contributed by atoms with Gasteiger partial charge < -0.3 is 14.5 Å². The predicted octanol–water partition coefficient (Wildman–Crippen LogP) is 2.85. The summed E-state index contributed by atoms with van der Waals surface area (Å²) in [6.45, 7) is 0.815. The van der Waals surface area contributed by atoms with E-state index >= 15 is 0 Å². The van der Waals surface area contributed by atoms with E-state index in [-0.39, 0.29) is 5.91 Å². The molecule has 94 valence electrons. The van der Waals surface area contributed by atoms with E-state index in [2.05, 4.69) is 21.2 Å². The zero-order chi connectivity index (χ0) is 12.8. The molecule has 2 aromatic rings. The smallest absolute Gasteiger partial charge is 0.287 e. The number of hydrogen-bond donors (Lipinski definition) is 1. The molecular formula is C13H12BrNO3. The third-order valence-corrected chi connectivity index (χ3v) is 2.88. The van der Waals surface area contributed by atoms with E-state index in [9.17, 15) is 4.79 Å². The first-order chi connectivity index (χ1) is 8.77. The summed E-state index contributed by atoms with van der Waals surface area (Å²) >= 11 is 3.38. The van der Waals surface area contributed by atoms with Gasteiger partial charge in [0.05, 0.1) is 17.3 Å². The van der Waals surface area contributed by atoms with Crippen molar-refractivity contribution >= 4 is 21.8 Å². The minimum atomic E-state index is -0.240. The fourth-order valence-corrected chi connectivity index (χ4v) is 1.78. The van der Waals surface area contributed by atoms with Gasteiger partial charge in [-0.2, -0.15) is 0 Å². The van der Waals surface area contributed by atoms with E-state index < -0.39 is 0 Å². The third-order valence-electron chi connectivity index (χ3n) is 2.23. The Labute approximate surface area is 113 Å². The number of rotatable bonds is 5. The minimum Gasteiger partial charge on any atom is -0.491 e. The Kier molecular flexibility index (Phi) is 4.41. The normalized spacial score (nSPS) is 10.1. The number of benzene rings is 1. The average Bonchev–Trinajstić information content (AvgIpc) is 2.90. The van der Waals surface area contributed by atoms with Gasteiger partial charge in [-0.25, -0.2) is 0 Å². The van der Waals surface area contributed by atoms with Gasteiger partial charge in [-0.05, 0) is 40.2 Å². The molecule has 0 saturated carbocycles. The monoisotopic (exact) mass is 309 g/mol. The van der Waals surface area contributed by atoms with Crippen LogP contribution < -0.4 is 10.1 Å². The summed E-state index contributed by atoms with van der Waals surface area (Å²) in [6.07, 6.45) is 1.46. The third kappa shape index (κ3) is 3.37. The van der Waals surface area contributed by atoms with Crippen LogP contribution in [-0.2, 0) is 0 Å². The van der Waals surface area contributed by atoms with Crippen molar-refractivity contribution in [2.75, 3.05) is 13.2 Å². The van der Waals surface area contributed by atoms with Gasteiger partial charge in [0, 0.05) is 0 Å². The maximum absolute atomic E-state index is 11.5. The fraction of sp³-hybridized carbons (Fsp3) is 0.154. The van der Waals surface area contributed by atoms with Gasteiger partial charge in [0.2, 0.25) is 0 Å². The van der Waals surface area contributed by atoms with Crippen LogP contribution in [0.3, 0.4) is 0 Å². The molecule has 0 fully saturated rings. The summed E-state index contributed by atoms with van der Waals surface area (Å²) in [5.41, 5.74) is 0. The van der Waals surface area contributed by atoms with Crippen LogP contribution in [0, 0.1) is 0 Å². The highest BCUT2D eigenvalue weighted by atomic mass is 79.9. The molecule has 1 N–H and O–H groups in total. The molecule has 0 spiro atoms. The van der Waals surface area contributed by atoms with E-state index in [1.54, 1.807) is 12.1 Å². The molecule has 1 heterocycles. The van der Waals surface area contributed by atoms with Crippen LogP contribution in [0.4, 0.5) is 0 Å². The molecule has 0 aliphatic heterocycles. The van der Waals surface area contributed by atoms with Gasteiger partial charge >= 0.3 is 0 Å². The lowest BCUT2D eigenvalue weighted by atomic mass is 10.3. The van der Waals surface area contributed by atoms with Crippen molar-refractivity contribution in [2.45, 2.75) is 0 Å². The van der Waals surface area contributed by atoms with E-state index in [0.29, 0.717) is 18.9 Å². The molecule has 0 aliphatic carbocycles. The highest BCUT2D eigenvalue weighted by Gasteiger charge is 2.07. The van der Waals surface area contributed by atoms with Gasteiger partial charge in [0.15, 0.2) is 5.76 Å². The second kappa shape index (κ2) is 6.26. The molecular weight excluding hydrogens is 298 g/mol. The summed E-state index contributed by atoms with van der Waals surface area (Å²) in [4.78, 5) is 11.5. The first kappa shape index (κ1) is 12.7. The second-order valence-electron chi connectivity index (χ2n) is 3.51. The molecule has 0 atom stereocenters. The number of furan rings is 1. The molecule has 1 amide bonds. The van der Waals surface area contributed by atoms with E-state index in [1.807, 2.05) is 24.3 Å². The Morgan fingerprint density at radius 2 is 2.11 bits per heavy atom. The number of ether oxygens (including phenoxy) is 1. The Hall–Kier alpha value is -1.75. The van der Waals surface area contributed by atoms with Crippen molar-refractivity contribution in [2.24, 2.45) is 0 Å². The van der Waals surface area contributed by atoms with Gasteiger partial charge in [-0.15, -0.1) is 0 Å². The molecule has 0 radical (unpaired) electrons. The van der Waals surface area contributed by atoms with Crippen molar-refractivity contribution in [3.8, 4) is 5.75 Å². The minimum absolute atomic E-state index is 0.240. The zero-order valence-electron chi connectivity index (χ0n) is 9.56. The Morgan fingerprint density at radius 1 is 1.28 bits per heavy atom.